The summed E-state index contributed by atoms with van der Waals surface area (Å²) in [6, 6.07) is 26.6. The van der Waals surface area contributed by atoms with Crippen molar-refractivity contribution in [2.75, 3.05) is 0 Å². The third-order valence-electron chi connectivity index (χ3n) is 3.82. The molecule has 0 N–H and O–H groups in total. The Morgan fingerprint density at radius 2 is 1.44 bits per heavy atom. The second kappa shape index (κ2) is 8.15. The Morgan fingerprint density at radius 1 is 0.840 bits per heavy atom. The van der Waals surface area contributed by atoms with Crippen molar-refractivity contribution in [1.29, 1.82) is 0 Å². The summed E-state index contributed by atoms with van der Waals surface area (Å²) in [6.45, 7) is 2.23. The monoisotopic (exact) mass is 332 g/mol. The molecule has 25 heavy (non-hydrogen) atoms. The van der Waals surface area contributed by atoms with Crippen molar-refractivity contribution < 1.29 is 14.3 Å². The second-order valence-corrected chi connectivity index (χ2v) is 5.81. The van der Waals surface area contributed by atoms with Crippen molar-refractivity contribution in [2.45, 2.75) is 19.6 Å². The summed E-state index contributed by atoms with van der Waals surface area (Å²) in [4.78, 5) is 12.6. The maximum absolute atomic E-state index is 12.6. The van der Waals surface area contributed by atoms with Crippen molar-refractivity contribution in [3.8, 4) is 5.75 Å². The van der Waals surface area contributed by atoms with Gasteiger partial charge in [0.2, 0.25) is 6.10 Å². The van der Waals surface area contributed by atoms with Gasteiger partial charge in [-0.2, -0.15) is 0 Å². The van der Waals surface area contributed by atoms with Crippen LogP contribution in [0.4, 0.5) is 0 Å². The zero-order chi connectivity index (χ0) is 17.5. The van der Waals surface area contributed by atoms with Gasteiger partial charge in [-0.3, -0.25) is 0 Å². The van der Waals surface area contributed by atoms with E-state index in [4.69, 9.17) is 9.47 Å². The molecule has 3 aromatic rings. The van der Waals surface area contributed by atoms with Crippen molar-refractivity contribution in [3.63, 3.8) is 0 Å². The van der Waals surface area contributed by atoms with Crippen LogP contribution in [0.5, 0.6) is 5.75 Å². The number of benzene rings is 3. The predicted molar refractivity (Wildman–Crippen MR) is 97.2 cm³/mol. The number of hydrogen-bond acceptors (Lipinski definition) is 3. The van der Waals surface area contributed by atoms with E-state index in [-0.39, 0.29) is 6.61 Å². The summed E-state index contributed by atoms with van der Waals surface area (Å²) in [7, 11) is 0. The zero-order valence-corrected chi connectivity index (χ0v) is 14.1. The van der Waals surface area contributed by atoms with Crippen molar-refractivity contribution in [1.82, 2.24) is 0 Å². The topological polar surface area (TPSA) is 35.5 Å². The van der Waals surface area contributed by atoms with Gasteiger partial charge >= 0.3 is 5.97 Å². The number of aryl methyl sites for hydroxylation is 1. The van der Waals surface area contributed by atoms with E-state index in [1.807, 2.05) is 91.9 Å². The van der Waals surface area contributed by atoms with Crippen LogP contribution >= 0.6 is 0 Å². The summed E-state index contributed by atoms with van der Waals surface area (Å²) in [6.07, 6.45) is -0.799. The zero-order valence-electron chi connectivity index (χ0n) is 14.1. The highest BCUT2D eigenvalue weighted by molar-refractivity contribution is 5.77. The number of esters is 1. The van der Waals surface area contributed by atoms with Crippen LogP contribution in [0.2, 0.25) is 0 Å². The molecule has 0 saturated heterocycles. The van der Waals surface area contributed by atoms with Gasteiger partial charge < -0.3 is 9.47 Å². The molecule has 0 bridgehead atoms. The number of rotatable bonds is 6. The maximum Gasteiger partial charge on any atom is 0.352 e. The molecule has 0 aliphatic rings. The predicted octanol–water partition coefficient (Wildman–Crippen LogP) is 4.86. The lowest BCUT2D eigenvalue weighted by Crippen LogP contribution is -2.21. The SMILES string of the molecule is Cc1ccc(O[C@H](C(=O)OCc2ccccc2)c2ccccc2)cc1. The number of carbonyl (C=O) groups excluding carboxylic acids is 1. The van der Waals surface area contributed by atoms with Crippen LogP contribution in [-0.4, -0.2) is 5.97 Å². The Morgan fingerprint density at radius 3 is 2.08 bits per heavy atom. The molecule has 3 nitrogen and oxygen atoms in total. The van der Waals surface area contributed by atoms with Crippen molar-refractivity contribution in [2.24, 2.45) is 0 Å². The van der Waals surface area contributed by atoms with Crippen LogP contribution < -0.4 is 4.74 Å². The van der Waals surface area contributed by atoms with E-state index in [0.717, 1.165) is 16.7 Å². The third kappa shape index (κ3) is 4.70. The largest absolute Gasteiger partial charge is 0.474 e. The van der Waals surface area contributed by atoms with Gasteiger partial charge in [0.05, 0.1) is 0 Å². The highest BCUT2D eigenvalue weighted by Gasteiger charge is 2.24. The lowest BCUT2D eigenvalue weighted by atomic mass is 10.1. The molecular formula is C22H20O3. The van der Waals surface area contributed by atoms with Gasteiger partial charge in [0, 0.05) is 5.56 Å². The fraction of sp³-hybridized carbons (Fsp3) is 0.136. The molecule has 3 aromatic carbocycles. The maximum atomic E-state index is 12.6. The smallest absolute Gasteiger partial charge is 0.352 e. The summed E-state index contributed by atoms with van der Waals surface area (Å²) in [5, 5.41) is 0. The summed E-state index contributed by atoms with van der Waals surface area (Å²) in [5.74, 6) is 0.228. The molecule has 0 heterocycles. The molecule has 0 aliphatic carbocycles. The fourth-order valence-electron chi connectivity index (χ4n) is 2.44. The van der Waals surface area contributed by atoms with E-state index >= 15 is 0 Å². The van der Waals surface area contributed by atoms with Crippen LogP contribution in [0, 0.1) is 6.92 Å². The van der Waals surface area contributed by atoms with Gasteiger partial charge in [-0.25, -0.2) is 4.79 Å². The molecule has 126 valence electrons. The van der Waals surface area contributed by atoms with Crippen LogP contribution in [0.3, 0.4) is 0 Å². The van der Waals surface area contributed by atoms with Crippen molar-refractivity contribution in [3.05, 3.63) is 102 Å². The van der Waals surface area contributed by atoms with E-state index in [1.54, 1.807) is 0 Å². The first-order chi connectivity index (χ1) is 12.2. The number of carbonyl (C=O) groups is 1. The molecule has 0 fully saturated rings. The van der Waals surface area contributed by atoms with Gasteiger partial charge in [-0.1, -0.05) is 78.4 Å². The van der Waals surface area contributed by atoms with Gasteiger partial charge in [0.25, 0.3) is 0 Å². The van der Waals surface area contributed by atoms with Crippen molar-refractivity contribution >= 4 is 5.97 Å². The van der Waals surface area contributed by atoms with E-state index in [0.29, 0.717) is 5.75 Å². The quantitative estimate of drug-likeness (QED) is 0.605. The summed E-state index contributed by atoms with van der Waals surface area (Å²) in [5.41, 5.74) is 2.84. The minimum absolute atomic E-state index is 0.222. The molecule has 0 spiro atoms. The summed E-state index contributed by atoms with van der Waals surface area (Å²) >= 11 is 0. The average molecular weight is 332 g/mol. The standard InChI is InChI=1S/C22H20O3/c1-17-12-14-20(15-13-17)25-21(19-10-6-3-7-11-19)22(23)24-16-18-8-4-2-5-9-18/h2-15,21H,16H2,1H3/t21-/m0/s1. The highest BCUT2D eigenvalue weighted by atomic mass is 16.6. The minimum Gasteiger partial charge on any atom is -0.474 e. The van der Waals surface area contributed by atoms with Crippen LogP contribution in [0.25, 0.3) is 0 Å². The van der Waals surface area contributed by atoms with Crippen LogP contribution in [0.1, 0.15) is 22.8 Å². The minimum atomic E-state index is -0.799. The molecule has 0 radical (unpaired) electrons. The van der Waals surface area contributed by atoms with Crippen LogP contribution in [0.15, 0.2) is 84.9 Å². The van der Waals surface area contributed by atoms with E-state index < -0.39 is 12.1 Å². The van der Waals surface area contributed by atoms with E-state index in [9.17, 15) is 4.79 Å². The Bertz CT molecular complexity index is 796. The van der Waals surface area contributed by atoms with Gasteiger partial charge in [-0.05, 0) is 24.6 Å². The van der Waals surface area contributed by atoms with Gasteiger partial charge in [0.1, 0.15) is 12.4 Å². The first-order valence-electron chi connectivity index (χ1n) is 8.21. The molecule has 3 rings (SSSR count). The molecule has 0 aromatic heterocycles. The van der Waals surface area contributed by atoms with Crippen LogP contribution in [-0.2, 0) is 16.1 Å². The molecule has 0 saturated carbocycles. The molecule has 0 unspecified atom stereocenters. The van der Waals surface area contributed by atoms with Gasteiger partial charge in [-0.15, -0.1) is 0 Å². The lowest BCUT2D eigenvalue weighted by Gasteiger charge is -2.18. The van der Waals surface area contributed by atoms with Gasteiger partial charge in [0.15, 0.2) is 0 Å². The Kier molecular flexibility index (Phi) is 5.47. The first kappa shape index (κ1) is 16.8. The lowest BCUT2D eigenvalue weighted by molar-refractivity contribution is -0.153. The molecule has 1 atom stereocenters. The molecule has 0 amide bonds. The highest BCUT2D eigenvalue weighted by Crippen LogP contribution is 2.24. The Labute approximate surface area is 147 Å². The van der Waals surface area contributed by atoms with E-state index in [2.05, 4.69) is 0 Å². The first-order valence-corrected chi connectivity index (χ1v) is 8.21. The Hall–Kier alpha value is -3.07. The molecular weight excluding hydrogens is 312 g/mol. The molecule has 3 heteroatoms. The number of ether oxygens (including phenoxy) is 2. The molecule has 0 aliphatic heterocycles. The average Bonchev–Trinajstić information content (AvgIpc) is 2.67. The van der Waals surface area contributed by atoms with E-state index in [1.165, 1.54) is 0 Å². The summed E-state index contributed by atoms with van der Waals surface area (Å²) < 4.78 is 11.4. The third-order valence-corrected chi connectivity index (χ3v) is 3.82. The fourth-order valence-corrected chi connectivity index (χ4v) is 2.44. The second-order valence-electron chi connectivity index (χ2n) is 5.81. The normalized spacial score (nSPS) is 11.6. The number of hydrogen-bond donors (Lipinski definition) is 0. The Balaban J connectivity index is 1.76.